The van der Waals surface area contributed by atoms with Gasteiger partial charge < -0.3 is 24.1 Å². The van der Waals surface area contributed by atoms with Gasteiger partial charge in [-0.15, -0.1) is 6.58 Å². The minimum atomic E-state index is -1.28. The minimum Gasteiger partial charge on any atom is -0.457 e. The zero-order valence-electron chi connectivity index (χ0n) is 23.1. The van der Waals surface area contributed by atoms with Gasteiger partial charge in [0.25, 0.3) is 0 Å². The fourth-order valence-electron chi connectivity index (χ4n) is 5.70. The van der Waals surface area contributed by atoms with E-state index < -0.39 is 35.6 Å². The van der Waals surface area contributed by atoms with E-state index in [2.05, 4.69) is 18.5 Å². The van der Waals surface area contributed by atoms with Gasteiger partial charge in [0, 0.05) is 19.3 Å². The Morgan fingerprint density at radius 2 is 1.95 bits per heavy atom. The van der Waals surface area contributed by atoms with Gasteiger partial charge in [-0.1, -0.05) is 39.3 Å². The number of nitrogens with zero attached hydrogens (tertiary/aromatic N) is 1. The molecule has 38 heavy (non-hydrogen) atoms. The Labute approximate surface area is 224 Å². The van der Waals surface area contributed by atoms with Crippen molar-refractivity contribution in [3.8, 4) is 0 Å². The van der Waals surface area contributed by atoms with Crippen LogP contribution in [0, 0.1) is 24.2 Å². The van der Waals surface area contributed by atoms with Crippen molar-refractivity contribution in [2.45, 2.75) is 103 Å². The molecule has 0 aliphatic carbocycles. The van der Waals surface area contributed by atoms with E-state index in [4.69, 9.17) is 13.9 Å². The number of ether oxygens (including phenoxy) is 2. The average molecular weight is 528 g/mol. The Balaban J connectivity index is 1.63. The van der Waals surface area contributed by atoms with Crippen LogP contribution in [-0.4, -0.2) is 50.9 Å². The zero-order chi connectivity index (χ0) is 27.8. The molecule has 0 amide bonds. The first kappa shape index (κ1) is 28.5. The second kappa shape index (κ2) is 10.9. The van der Waals surface area contributed by atoms with Crippen LogP contribution in [0.2, 0.25) is 0 Å². The Morgan fingerprint density at radius 3 is 2.66 bits per heavy atom. The lowest BCUT2D eigenvalue weighted by Gasteiger charge is -2.35. The third-order valence-corrected chi connectivity index (χ3v) is 8.54. The van der Waals surface area contributed by atoms with Gasteiger partial charge in [-0.05, 0) is 49.8 Å². The van der Waals surface area contributed by atoms with Crippen LogP contribution >= 0.6 is 0 Å². The molecule has 0 spiro atoms. The Morgan fingerprint density at radius 1 is 1.21 bits per heavy atom. The lowest BCUT2D eigenvalue weighted by atomic mass is 9.71. The normalized spacial score (nSPS) is 34.9. The second-order valence-electron chi connectivity index (χ2n) is 11.9. The molecule has 0 radical (unpaired) electrons. The van der Waals surface area contributed by atoms with Crippen molar-refractivity contribution in [2.75, 3.05) is 0 Å². The topological polar surface area (TPSA) is 122 Å². The molecule has 2 saturated heterocycles. The van der Waals surface area contributed by atoms with Crippen LogP contribution in [0.1, 0.15) is 83.8 Å². The maximum absolute atomic E-state index is 13.6. The first-order valence-corrected chi connectivity index (χ1v) is 13.6. The van der Waals surface area contributed by atoms with Crippen LogP contribution in [0.3, 0.4) is 0 Å². The van der Waals surface area contributed by atoms with E-state index in [9.17, 15) is 19.8 Å². The molecule has 1 aromatic carbocycles. The molecule has 208 valence electrons. The summed E-state index contributed by atoms with van der Waals surface area (Å²) in [7, 11) is 0. The molecule has 0 bridgehead atoms. The summed E-state index contributed by atoms with van der Waals surface area (Å²) in [6, 6.07) is 5.53. The van der Waals surface area contributed by atoms with Crippen LogP contribution in [0.4, 0.5) is 0 Å². The van der Waals surface area contributed by atoms with E-state index in [1.54, 1.807) is 26.8 Å². The number of ketones is 1. The summed E-state index contributed by atoms with van der Waals surface area (Å²) < 4.78 is 17.6. The summed E-state index contributed by atoms with van der Waals surface area (Å²) in [5.41, 5.74) is 0.481. The van der Waals surface area contributed by atoms with Crippen LogP contribution < -0.4 is 0 Å². The smallest absolute Gasteiger partial charge is 0.309 e. The minimum absolute atomic E-state index is 0.0976. The van der Waals surface area contributed by atoms with Gasteiger partial charge in [-0.2, -0.15) is 0 Å². The van der Waals surface area contributed by atoms with Gasteiger partial charge in [0.05, 0.1) is 35.7 Å². The van der Waals surface area contributed by atoms with E-state index in [1.165, 1.54) is 0 Å². The van der Waals surface area contributed by atoms with Gasteiger partial charge in [0.2, 0.25) is 0 Å². The fraction of sp³-hybridized carbons (Fsp3) is 0.633. The number of aliphatic hydroxyl groups excluding tert-OH is 2. The van der Waals surface area contributed by atoms with Crippen molar-refractivity contribution in [1.29, 1.82) is 0 Å². The highest BCUT2D eigenvalue weighted by molar-refractivity contribution is 5.88. The predicted molar refractivity (Wildman–Crippen MR) is 142 cm³/mol. The van der Waals surface area contributed by atoms with Crippen molar-refractivity contribution in [3.63, 3.8) is 0 Å². The third-order valence-electron chi connectivity index (χ3n) is 8.54. The molecule has 0 unspecified atom stereocenters. The van der Waals surface area contributed by atoms with E-state index >= 15 is 0 Å². The molecule has 2 fully saturated rings. The number of carbonyl (C=O) groups is 2. The molecule has 2 aliphatic heterocycles. The van der Waals surface area contributed by atoms with E-state index in [0.717, 1.165) is 24.8 Å². The molecule has 0 saturated carbocycles. The van der Waals surface area contributed by atoms with E-state index in [1.807, 2.05) is 25.1 Å². The molecular weight excluding hydrogens is 486 g/mol. The quantitative estimate of drug-likeness (QED) is 0.325. The van der Waals surface area contributed by atoms with Crippen LogP contribution in [0.5, 0.6) is 0 Å². The predicted octanol–water partition coefficient (Wildman–Crippen LogP) is 4.99. The first-order chi connectivity index (χ1) is 17.9. The summed E-state index contributed by atoms with van der Waals surface area (Å²) >= 11 is 0. The van der Waals surface area contributed by atoms with Gasteiger partial charge in [0.15, 0.2) is 11.5 Å². The highest BCUT2D eigenvalue weighted by atomic mass is 16.6. The molecule has 2 N–H and O–H groups in total. The standard InChI is InChI=1S/C30H41NO7/c1-7-9-20-27(34)17(2)10-8-13-30(6)25(38-30)15-23(19-11-12-22-21(14-19)31-18(3)36-22)37-26(33)16-24(32)29(4,5)28(20)35/h7,11-12,14,17,20,23-25,27,32,34H,1,8-10,13,15-16H2,2-6H3/t17-,20+,23-,24-,25+,27-,30+/m0/s1. The molecule has 7 atom stereocenters. The number of oxazole rings is 1. The molecule has 8 heteroatoms. The summed E-state index contributed by atoms with van der Waals surface area (Å²) in [4.78, 5) is 31.1. The summed E-state index contributed by atoms with van der Waals surface area (Å²) in [6.45, 7) is 12.8. The monoisotopic (exact) mass is 527 g/mol. The highest BCUT2D eigenvalue weighted by Gasteiger charge is 2.53. The number of aliphatic hydroxyl groups is 2. The highest BCUT2D eigenvalue weighted by Crippen LogP contribution is 2.47. The lowest BCUT2D eigenvalue weighted by molar-refractivity contribution is -0.156. The van der Waals surface area contributed by atoms with Gasteiger partial charge >= 0.3 is 5.97 Å². The zero-order valence-corrected chi connectivity index (χ0v) is 23.1. The number of Topliss-reactive ketones (excluding diaryl/α,β-unsaturated/α-hetero) is 1. The van der Waals surface area contributed by atoms with Crippen molar-refractivity contribution < 1.29 is 33.7 Å². The molecular formula is C30H41NO7. The number of hydrogen-bond acceptors (Lipinski definition) is 8. The van der Waals surface area contributed by atoms with Gasteiger partial charge in [-0.3, -0.25) is 9.59 Å². The number of cyclic esters (lactones) is 1. The van der Waals surface area contributed by atoms with Crippen LogP contribution in [0.25, 0.3) is 11.1 Å². The lowest BCUT2D eigenvalue weighted by Crippen LogP contribution is -2.46. The molecule has 4 rings (SSSR count). The number of epoxide rings is 1. The number of rotatable bonds is 3. The summed E-state index contributed by atoms with van der Waals surface area (Å²) in [5, 5.41) is 22.2. The second-order valence-corrected chi connectivity index (χ2v) is 11.9. The number of esters is 1. The van der Waals surface area contributed by atoms with Crippen molar-refractivity contribution in [1.82, 2.24) is 4.98 Å². The summed E-state index contributed by atoms with van der Waals surface area (Å²) in [6.07, 6.45) is 1.50. The fourth-order valence-corrected chi connectivity index (χ4v) is 5.70. The number of fused-ring (bicyclic) bond motifs is 2. The Kier molecular flexibility index (Phi) is 8.17. The average Bonchev–Trinajstić information content (AvgIpc) is 3.32. The molecule has 8 nitrogen and oxygen atoms in total. The number of aromatic nitrogens is 1. The number of hydrogen-bond donors (Lipinski definition) is 2. The Hall–Kier alpha value is -2.55. The van der Waals surface area contributed by atoms with Crippen molar-refractivity contribution in [3.05, 3.63) is 42.3 Å². The summed E-state index contributed by atoms with van der Waals surface area (Å²) in [5.74, 6) is -1.19. The molecule has 1 aromatic heterocycles. The third kappa shape index (κ3) is 5.87. The van der Waals surface area contributed by atoms with Crippen LogP contribution in [-0.2, 0) is 19.1 Å². The number of benzene rings is 1. The SMILES string of the molecule is C=CC[C@H]1C(=O)C(C)(C)[C@@H](O)CC(=O)O[C@H](c2ccc3oc(C)nc3c2)C[C@H]2O[C@]2(C)CCC[C@H](C)[C@@H]1O. The largest absolute Gasteiger partial charge is 0.457 e. The van der Waals surface area contributed by atoms with E-state index in [-0.39, 0.29) is 29.8 Å². The molecule has 3 heterocycles. The molecule has 2 aliphatic rings. The van der Waals surface area contributed by atoms with Crippen molar-refractivity contribution >= 4 is 22.9 Å². The maximum Gasteiger partial charge on any atom is 0.309 e. The number of aryl methyl sites for hydroxylation is 1. The maximum atomic E-state index is 13.6. The number of allylic oxidation sites excluding steroid dienone is 1. The van der Waals surface area contributed by atoms with E-state index in [0.29, 0.717) is 29.8 Å². The Bertz CT molecular complexity index is 1190. The van der Waals surface area contributed by atoms with Crippen molar-refractivity contribution in [2.24, 2.45) is 17.3 Å². The first-order valence-electron chi connectivity index (χ1n) is 13.6. The van der Waals surface area contributed by atoms with Gasteiger partial charge in [0.1, 0.15) is 17.4 Å². The number of carbonyl (C=O) groups excluding carboxylic acids is 2. The molecule has 2 aromatic rings. The van der Waals surface area contributed by atoms with Gasteiger partial charge in [-0.25, -0.2) is 4.98 Å². The van der Waals surface area contributed by atoms with Crippen LogP contribution in [0.15, 0.2) is 35.3 Å².